The highest BCUT2D eigenvalue weighted by molar-refractivity contribution is 5.38. The molecule has 1 fully saturated rings. The van der Waals surface area contributed by atoms with Gasteiger partial charge in [-0.1, -0.05) is 33.8 Å². The summed E-state index contributed by atoms with van der Waals surface area (Å²) in [5.41, 5.74) is 0.300. The predicted molar refractivity (Wildman–Crippen MR) is 89.8 cm³/mol. The van der Waals surface area contributed by atoms with E-state index >= 15 is 0 Å². The van der Waals surface area contributed by atoms with Crippen LogP contribution in [0.5, 0.6) is 0 Å². The van der Waals surface area contributed by atoms with Crippen molar-refractivity contribution in [2.75, 3.05) is 44.2 Å². The van der Waals surface area contributed by atoms with Gasteiger partial charge in [0.1, 0.15) is 5.82 Å². The molecule has 21 heavy (non-hydrogen) atoms. The molecule has 1 N–H and O–H groups in total. The largest absolute Gasteiger partial charge is 0.354 e. The number of nitrogens with one attached hydrogen (secondary N) is 1. The first-order chi connectivity index (χ1) is 10.0. The van der Waals surface area contributed by atoms with Crippen molar-refractivity contribution in [3.63, 3.8) is 0 Å². The molecule has 0 amide bonds. The van der Waals surface area contributed by atoms with Crippen LogP contribution in [0, 0.1) is 5.41 Å². The quantitative estimate of drug-likeness (QED) is 0.901. The van der Waals surface area contributed by atoms with Crippen LogP contribution >= 0.6 is 0 Å². The maximum Gasteiger partial charge on any atom is 0.128 e. The second kappa shape index (κ2) is 7.23. The van der Waals surface area contributed by atoms with Gasteiger partial charge in [-0.2, -0.15) is 0 Å². The van der Waals surface area contributed by atoms with E-state index < -0.39 is 0 Å². The molecule has 0 spiro atoms. The molecule has 1 atom stereocenters. The molecule has 2 rings (SSSR count). The molecule has 4 heteroatoms. The minimum atomic E-state index is 0.300. The summed E-state index contributed by atoms with van der Waals surface area (Å²) in [5, 5.41) is 3.65. The van der Waals surface area contributed by atoms with E-state index in [1.165, 1.54) is 0 Å². The summed E-state index contributed by atoms with van der Waals surface area (Å²) in [4.78, 5) is 9.42. The van der Waals surface area contributed by atoms with Gasteiger partial charge < -0.3 is 10.2 Å². The Labute approximate surface area is 129 Å². The average Bonchev–Trinajstić information content (AvgIpc) is 2.47. The van der Waals surface area contributed by atoms with E-state index in [1.807, 2.05) is 12.3 Å². The van der Waals surface area contributed by atoms with Gasteiger partial charge in [-0.25, -0.2) is 4.98 Å². The van der Waals surface area contributed by atoms with Crippen LogP contribution in [0.2, 0.25) is 0 Å². The summed E-state index contributed by atoms with van der Waals surface area (Å²) >= 11 is 0. The normalized spacial score (nSPS) is 18.8. The van der Waals surface area contributed by atoms with Crippen LogP contribution in [-0.4, -0.2) is 55.2 Å². The highest BCUT2D eigenvalue weighted by Gasteiger charge is 2.27. The molecular weight excluding hydrogens is 260 g/mol. The first kappa shape index (κ1) is 16.2. The SMILES string of the molecule is CCNC(CN1CCN(c2ccccn2)CC1)C(C)(C)C. The van der Waals surface area contributed by atoms with Crippen molar-refractivity contribution >= 4 is 5.82 Å². The first-order valence-electron chi connectivity index (χ1n) is 8.12. The molecule has 0 saturated carbocycles. The Morgan fingerprint density at radius 2 is 1.90 bits per heavy atom. The molecule has 0 bridgehead atoms. The third-order valence-corrected chi connectivity index (χ3v) is 4.28. The van der Waals surface area contributed by atoms with Crippen LogP contribution in [-0.2, 0) is 0 Å². The number of hydrogen-bond donors (Lipinski definition) is 1. The number of nitrogens with zero attached hydrogens (tertiary/aromatic N) is 3. The van der Waals surface area contributed by atoms with E-state index in [1.54, 1.807) is 0 Å². The lowest BCUT2D eigenvalue weighted by Crippen LogP contribution is -2.54. The zero-order chi connectivity index (χ0) is 15.3. The van der Waals surface area contributed by atoms with Crippen LogP contribution in [0.15, 0.2) is 24.4 Å². The third kappa shape index (κ3) is 4.68. The molecule has 1 saturated heterocycles. The molecule has 0 radical (unpaired) electrons. The van der Waals surface area contributed by atoms with Crippen molar-refractivity contribution in [2.45, 2.75) is 33.7 Å². The molecule has 118 valence electrons. The molecule has 1 aromatic heterocycles. The van der Waals surface area contributed by atoms with Gasteiger partial charge in [-0.15, -0.1) is 0 Å². The van der Waals surface area contributed by atoms with Gasteiger partial charge in [0.05, 0.1) is 0 Å². The summed E-state index contributed by atoms with van der Waals surface area (Å²) in [7, 11) is 0. The van der Waals surface area contributed by atoms with Crippen LogP contribution in [0.1, 0.15) is 27.7 Å². The van der Waals surface area contributed by atoms with Gasteiger partial charge in [0, 0.05) is 45.0 Å². The van der Waals surface area contributed by atoms with Crippen LogP contribution in [0.3, 0.4) is 0 Å². The Bertz CT molecular complexity index is 405. The second-order valence-electron chi connectivity index (χ2n) is 6.95. The van der Waals surface area contributed by atoms with Gasteiger partial charge in [0.25, 0.3) is 0 Å². The molecular formula is C17H30N4. The predicted octanol–water partition coefficient (Wildman–Crippen LogP) is 2.23. The van der Waals surface area contributed by atoms with Crippen molar-refractivity contribution in [1.29, 1.82) is 0 Å². The van der Waals surface area contributed by atoms with Crippen LogP contribution < -0.4 is 10.2 Å². The fraction of sp³-hybridized carbons (Fsp3) is 0.706. The van der Waals surface area contributed by atoms with E-state index in [0.29, 0.717) is 11.5 Å². The van der Waals surface area contributed by atoms with Gasteiger partial charge in [-0.3, -0.25) is 4.90 Å². The lowest BCUT2D eigenvalue weighted by atomic mass is 9.86. The zero-order valence-electron chi connectivity index (χ0n) is 14.0. The van der Waals surface area contributed by atoms with Gasteiger partial charge in [0.15, 0.2) is 0 Å². The lowest BCUT2D eigenvalue weighted by Gasteiger charge is -2.40. The number of piperazine rings is 1. The minimum Gasteiger partial charge on any atom is -0.354 e. The van der Waals surface area contributed by atoms with E-state index in [9.17, 15) is 0 Å². The topological polar surface area (TPSA) is 31.4 Å². The maximum absolute atomic E-state index is 4.45. The summed E-state index contributed by atoms with van der Waals surface area (Å²) in [6, 6.07) is 6.69. The standard InChI is InChI=1S/C17H30N4/c1-5-18-15(17(2,3)4)14-20-10-12-21(13-11-20)16-8-6-7-9-19-16/h6-9,15,18H,5,10-14H2,1-4H3. The maximum atomic E-state index is 4.45. The fourth-order valence-corrected chi connectivity index (χ4v) is 2.85. The number of pyridine rings is 1. The van der Waals surface area contributed by atoms with Gasteiger partial charge in [-0.05, 0) is 24.1 Å². The minimum absolute atomic E-state index is 0.300. The summed E-state index contributed by atoms with van der Waals surface area (Å²) in [6.45, 7) is 15.7. The Balaban J connectivity index is 1.86. The number of likely N-dealkylation sites (N-methyl/N-ethyl adjacent to an activating group) is 1. The van der Waals surface area contributed by atoms with Crippen molar-refractivity contribution in [3.8, 4) is 0 Å². The highest BCUT2D eigenvalue weighted by atomic mass is 15.3. The fourth-order valence-electron chi connectivity index (χ4n) is 2.85. The second-order valence-corrected chi connectivity index (χ2v) is 6.95. The molecule has 1 aliphatic heterocycles. The smallest absolute Gasteiger partial charge is 0.128 e. The van der Waals surface area contributed by atoms with E-state index in [-0.39, 0.29) is 0 Å². The van der Waals surface area contributed by atoms with Crippen LogP contribution in [0.25, 0.3) is 0 Å². The summed E-state index contributed by atoms with van der Waals surface area (Å²) in [6.07, 6.45) is 1.88. The molecule has 1 aromatic rings. The van der Waals surface area contributed by atoms with E-state index in [0.717, 1.165) is 45.1 Å². The summed E-state index contributed by atoms with van der Waals surface area (Å²) < 4.78 is 0. The first-order valence-corrected chi connectivity index (χ1v) is 8.12. The monoisotopic (exact) mass is 290 g/mol. The number of anilines is 1. The molecule has 1 unspecified atom stereocenters. The van der Waals surface area contributed by atoms with Gasteiger partial charge >= 0.3 is 0 Å². The Morgan fingerprint density at radius 3 is 2.43 bits per heavy atom. The average molecular weight is 290 g/mol. The molecule has 2 heterocycles. The van der Waals surface area contributed by atoms with Crippen molar-refractivity contribution in [1.82, 2.24) is 15.2 Å². The number of aromatic nitrogens is 1. The Hall–Kier alpha value is -1.13. The molecule has 4 nitrogen and oxygen atoms in total. The zero-order valence-corrected chi connectivity index (χ0v) is 14.0. The lowest BCUT2D eigenvalue weighted by molar-refractivity contribution is 0.168. The van der Waals surface area contributed by atoms with Crippen molar-refractivity contribution in [3.05, 3.63) is 24.4 Å². The van der Waals surface area contributed by atoms with Crippen LogP contribution in [0.4, 0.5) is 5.82 Å². The Kier molecular flexibility index (Phi) is 5.59. The Morgan fingerprint density at radius 1 is 1.19 bits per heavy atom. The molecule has 0 aromatic carbocycles. The molecule has 1 aliphatic rings. The molecule has 0 aliphatic carbocycles. The van der Waals surface area contributed by atoms with E-state index in [2.05, 4.69) is 59.9 Å². The number of rotatable bonds is 5. The van der Waals surface area contributed by atoms with E-state index in [4.69, 9.17) is 0 Å². The number of hydrogen-bond acceptors (Lipinski definition) is 4. The highest BCUT2D eigenvalue weighted by Crippen LogP contribution is 2.21. The van der Waals surface area contributed by atoms with Crippen molar-refractivity contribution in [2.24, 2.45) is 5.41 Å². The third-order valence-electron chi connectivity index (χ3n) is 4.28. The van der Waals surface area contributed by atoms with Gasteiger partial charge in [0.2, 0.25) is 0 Å². The van der Waals surface area contributed by atoms with Crippen molar-refractivity contribution < 1.29 is 0 Å². The summed E-state index contributed by atoms with van der Waals surface area (Å²) in [5.74, 6) is 1.11.